The van der Waals surface area contributed by atoms with E-state index in [-0.39, 0.29) is 17.8 Å². The molecule has 1 fully saturated rings. The maximum atomic E-state index is 5.98. The van der Waals surface area contributed by atoms with Crippen LogP contribution in [0.1, 0.15) is 51.3 Å². The van der Waals surface area contributed by atoms with Crippen molar-refractivity contribution < 1.29 is 0 Å². The summed E-state index contributed by atoms with van der Waals surface area (Å²) < 4.78 is 0. The summed E-state index contributed by atoms with van der Waals surface area (Å²) in [6.45, 7) is 11.2. The van der Waals surface area contributed by atoms with Crippen LogP contribution in [0.3, 0.4) is 0 Å². The second-order valence-electron chi connectivity index (χ2n) is 6.59. The fourth-order valence-electron chi connectivity index (χ4n) is 2.64. The van der Waals surface area contributed by atoms with Crippen LogP contribution in [0.4, 0.5) is 0 Å². The normalized spacial score (nSPS) is 22.1. The Balaban J connectivity index is 0.00000180. The van der Waals surface area contributed by atoms with Gasteiger partial charge < -0.3 is 5.73 Å². The first-order valence-corrected chi connectivity index (χ1v) is 6.98. The molecule has 0 amide bonds. The van der Waals surface area contributed by atoms with Gasteiger partial charge in [-0.2, -0.15) is 0 Å². The molecule has 1 heterocycles. The molecule has 0 bridgehead atoms. The molecule has 0 aromatic heterocycles. The zero-order chi connectivity index (χ0) is 13.3. The Hall–Kier alpha value is -0.570. The van der Waals surface area contributed by atoms with Crippen LogP contribution in [0.2, 0.25) is 0 Å². The van der Waals surface area contributed by atoms with Crippen LogP contribution < -0.4 is 5.73 Å². The van der Waals surface area contributed by atoms with Crippen LogP contribution >= 0.6 is 12.4 Å². The van der Waals surface area contributed by atoms with Gasteiger partial charge in [-0.1, -0.05) is 45.0 Å². The van der Waals surface area contributed by atoms with Crippen molar-refractivity contribution >= 4 is 12.4 Å². The van der Waals surface area contributed by atoms with Crippen LogP contribution in [0, 0.1) is 0 Å². The highest BCUT2D eigenvalue weighted by atomic mass is 35.5. The Kier molecular flexibility index (Phi) is 5.43. The molecule has 1 aromatic carbocycles. The molecule has 2 nitrogen and oxygen atoms in total. The highest BCUT2D eigenvalue weighted by Crippen LogP contribution is 2.27. The van der Waals surface area contributed by atoms with Crippen molar-refractivity contribution in [2.75, 3.05) is 13.1 Å². The van der Waals surface area contributed by atoms with E-state index in [1.54, 1.807) is 0 Å². The number of hydrogen-bond acceptors (Lipinski definition) is 2. The lowest BCUT2D eigenvalue weighted by Gasteiger charge is -2.25. The van der Waals surface area contributed by atoms with Gasteiger partial charge in [0.2, 0.25) is 0 Å². The summed E-state index contributed by atoms with van der Waals surface area (Å²) in [5, 5.41) is 0. The monoisotopic (exact) mass is 282 g/mol. The molecule has 2 unspecified atom stereocenters. The zero-order valence-corrected chi connectivity index (χ0v) is 13.3. The van der Waals surface area contributed by atoms with E-state index < -0.39 is 0 Å². The van der Waals surface area contributed by atoms with Crippen LogP contribution in [0.25, 0.3) is 0 Å². The van der Waals surface area contributed by atoms with E-state index in [9.17, 15) is 0 Å². The molecule has 0 spiro atoms. The predicted molar refractivity (Wildman–Crippen MR) is 85.0 cm³/mol. The van der Waals surface area contributed by atoms with Crippen molar-refractivity contribution in [2.24, 2.45) is 5.73 Å². The Morgan fingerprint density at radius 1 is 1.21 bits per heavy atom. The Morgan fingerprint density at radius 2 is 1.79 bits per heavy atom. The second-order valence-corrected chi connectivity index (χ2v) is 6.59. The van der Waals surface area contributed by atoms with Gasteiger partial charge in [0.05, 0.1) is 0 Å². The van der Waals surface area contributed by atoms with Crippen molar-refractivity contribution in [2.45, 2.75) is 51.6 Å². The molecule has 19 heavy (non-hydrogen) atoms. The molecule has 2 N–H and O–H groups in total. The average Bonchev–Trinajstić information content (AvgIpc) is 2.74. The topological polar surface area (TPSA) is 29.3 Å². The number of benzene rings is 1. The van der Waals surface area contributed by atoms with Crippen LogP contribution in [0.15, 0.2) is 24.3 Å². The molecule has 0 aliphatic carbocycles. The zero-order valence-electron chi connectivity index (χ0n) is 12.5. The lowest BCUT2D eigenvalue weighted by Crippen LogP contribution is -2.28. The van der Waals surface area contributed by atoms with Crippen molar-refractivity contribution in [3.05, 3.63) is 35.4 Å². The number of hydrogen-bond donors (Lipinski definition) is 1. The molecule has 1 saturated heterocycles. The van der Waals surface area contributed by atoms with Crippen LogP contribution in [-0.4, -0.2) is 24.0 Å². The summed E-state index contributed by atoms with van der Waals surface area (Å²) in [6.07, 6.45) is 1.13. The summed E-state index contributed by atoms with van der Waals surface area (Å²) in [5.41, 5.74) is 9.01. The molecule has 1 aliphatic rings. The molecule has 1 aliphatic heterocycles. The third-order valence-electron chi connectivity index (χ3n) is 4.06. The van der Waals surface area contributed by atoms with Crippen LogP contribution in [-0.2, 0) is 5.41 Å². The molecule has 2 rings (SSSR count). The maximum Gasteiger partial charge on any atom is 0.0320 e. The molecule has 2 atom stereocenters. The molecule has 3 heteroatoms. The largest absolute Gasteiger partial charge is 0.326 e. The molecule has 0 saturated carbocycles. The fourth-order valence-corrected chi connectivity index (χ4v) is 2.64. The molecule has 0 radical (unpaired) electrons. The lowest BCUT2D eigenvalue weighted by atomic mass is 9.86. The lowest BCUT2D eigenvalue weighted by molar-refractivity contribution is 0.260. The molecular formula is C16H27ClN2. The van der Waals surface area contributed by atoms with Gasteiger partial charge in [-0.05, 0) is 29.9 Å². The quantitative estimate of drug-likeness (QED) is 0.900. The minimum absolute atomic E-state index is 0. The van der Waals surface area contributed by atoms with E-state index in [1.807, 2.05) is 0 Å². The van der Waals surface area contributed by atoms with E-state index in [0.29, 0.717) is 12.1 Å². The SMILES string of the molecule is CC(c1ccc(C(C)(C)C)cc1)N1CCC(N)C1.Cl. The number of nitrogens with two attached hydrogens (primary N) is 1. The number of nitrogens with zero attached hydrogens (tertiary/aromatic N) is 1. The van der Waals surface area contributed by atoms with Gasteiger partial charge in [0.25, 0.3) is 0 Å². The van der Waals surface area contributed by atoms with Gasteiger partial charge in [-0.3, -0.25) is 4.90 Å². The summed E-state index contributed by atoms with van der Waals surface area (Å²) in [7, 11) is 0. The van der Waals surface area contributed by atoms with Gasteiger partial charge >= 0.3 is 0 Å². The summed E-state index contributed by atoms with van der Waals surface area (Å²) in [5.74, 6) is 0. The Bertz CT molecular complexity index is 394. The van der Waals surface area contributed by atoms with Gasteiger partial charge in [-0.25, -0.2) is 0 Å². The first-order valence-electron chi connectivity index (χ1n) is 6.98. The Labute approximate surface area is 123 Å². The van der Waals surface area contributed by atoms with E-state index in [4.69, 9.17) is 5.73 Å². The fraction of sp³-hybridized carbons (Fsp3) is 0.625. The van der Waals surface area contributed by atoms with Crippen molar-refractivity contribution in [3.8, 4) is 0 Å². The average molecular weight is 283 g/mol. The van der Waals surface area contributed by atoms with Gasteiger partial charge in [0, 0.05) is 25.2 Å². The highest BCUT2D eigenvalue weighted by Gasteiger charge is 2.24. The van der Waals surface area contributed by atoms with E-state index in [1.165, 1.54) is 11.1 Å². The van der Waals surface area contributed by atoms with E-state index in [2.05, 4.69) is 56.9 Å². The maximum absolute atomic E-state index is 5.98. The minimum atomic E-state index is 0. The van der Waals surface area contributed by atoms with E-state index >= 15 is 0 Å². The molecule has 108 valence electrons. The van der Waals surface area contributed by atoms with Crippen LogP contribution in [0.5, 0.6) is 0 Å². The van der Waals surface area contributed by atoms with Crippen molar-refractivity contribution in [1.82, 2.24) is 4.90 Å². The number of likely N-dealkylation sites (tertiary alicyclic amines) is 1. The minimum Gasteiger partial charge on any atom is -0.326 e. The smallest absolute Gasteiger partial charge is 0.0320 e. The standard InChI is InChI=1S/C16H26N2.ClH/c1-12(18-10-9-15(17)11-18)13-5-7-14(8-6-13)16(2,3)4;/h5-8,12,15H,9-11,17H2,1-4H3;1H. The third-order valence-corrected chi connectivity index (χ3v) is 4.06. The first kappa shape index (κ1) is 16.5. The Morgan fingerprint density at radius 3 is 2.21 bits per heavy atom. The number of halogens is 1. The summed E-state index contributed by atoms with van der Waals surface area (Å²) >= 11 is 0. The van der Waals surface area contributed by atoms with Gasteiger partial charge in [-0.15, -0.1) is 12.4 Å². The number of rotatable bonds is 2. The highest BCUT2D eigenvalue weighted by molar-refractivity contribution is 5.85. The van der Waals surface area contributed by atoms with Gasteiger partial charge in [0.1, 0.15) is 0 Å². The first-order chi connectivity index (χ1) is 8.38. The molecular weight excluding hydrogens is 256 g/mol. The van der Waals surface area contributed by atoms with Crippen molar-refractivity contribution in [1.29, 1.82) is 0 Å². The van der Waals surface area contributed by atoms with E-state index in [0.717, 1.165) is 19.5 Å². The third kappa shape index (κ3) is 3.95. The summed E-state index contributed by atoms with van der Waals surface area (Å²) in [6, 6.07) is 9.92. The van der Waals surface area contributed by atoms with Gasteiger partial charge in [0.15, 0.2) is 0 Å². The second kappa shape index (κ2) is 6.25. The van der Waals surface area contributed by atoms with Crippen molar-refractivity contribution in [3.63, 3.8) is 0 Å². The predicted octanol–water partition coefficient (Wildman–Crippen LogP) is 3.50. The molecule has 1 aromatic rings. The summed E-state index contributed by atoms with van der Waals surface area (Å²) in [4.78, 5) is 2.48.